The van der Waals surface area contributed by atoms with Gasteiger partial charge in [0.1, 0.15) is 5.82 Å². The number of hydrogen-bond acceptors (Lipinski definition) is 2. The Morgan fingerprint density at radius 1 is 1.53 bits per heavy atom. The highest BCUT2D eigenvalue weighted by molar-refractivity contribution is 5.53. The summed E-state index contributed by atoms with van der Waals surface area (Å²) in [5.74, 6) is -0.229. The number of anilines is 1. The number of nitrogens with zero attached hydrogens (tertiary/aromatic N) is 1. The molecule has 0 aromatic heterocycles. The maximum Gasteiger partial charge on any atom is 0.125 e. The molecule has 0 heterocycles. The molecule has 1 rings (SSSR count). The predicted molar refractivity (Wildman–Crippen MR) is 62.4 cm³/mol. The van der Waals surface area contributed by atoms with Crippen molar-refractivity contribution < 1.29 is 4.39 Å². The van der Waals surface area contributed by atoms with Gasteiger partial charge in [0.2, 0.25) is 0 Å². The molecule has 0 saturated heterocycles. The Morgan fingerprint density at radius 2 is 2.27 bits per heavy atom. The molecule has 0 radical (unpaired) electrons. The molecule has 0 spiro atoms. The topological polar surface area (TPSA) is 29.3 Å². The third kappa shape index (κ3) is 3.06. The minimum atomic E-state index is -0.229. The Balaban J connectivity index is 2.89. The fourth-order valence-corrected chi connectivity index (χ4v) is 1.47. The van der Waals surface area contributed by atoms with Crippen LogP contribution in [0.15, 0.2) is 30.9 Å². The molecule has 82 valence electrons. The van der Waals surface area contributed by atoms with Gasteiger partial charge in [0, 0.05) is 25.8 Å². The molecule has 1 aromatic rings. The van der Waals surface area contributed by atoms with Crippen molar-refractivity contribution >= 4 is 5.69 Å². The average Bonchev–Trinajstić information content (AvgIpc) is 2.25. The van der Waals surface area contributed by atoms with Crippen molar-refractivity contribution in [2.45, 2.75) is 13.0 Å². The van der Waals surface area contributed by atoms with Gasteiger partial charge in [0.05, 0.1) is 0 Å². The molecule has 0 aliphatic heterocycles. The molecular formula is C12H17FN2. The van der Waals surface area contributed by atoms with Gasteiger partial charge in [-0.3, -0.25) is 0 Å². The molecule has 1 aromatic carbocycles. The van der Waals surface area contributed by atoms with Gasteiger partial charge in [-0.05, 0) is 24.1 Å². The molecule has 2 N–H and O–H groups in total. The highest BCUT2D eigenvalue weighted by Gasteiger charge is 2.06. The zero-order chi connectivity index (χ0) is 11.3. The van der Waals surface area contributed by atoms with Crippen molar-refractivity contribution in [1.29, 1.82) is 0 Å². The Hall–Kier alpha value is -1.35. The van der Waals surface area contributed by atoms with Crippen molar-refractivity contribution in [3.05, 3.63) is 42.2 Å². The van der Waals surface area contributed by atoms with E-state index in [0.29, 0.717) is 6.54 Å². The number of rotatable bonds is 5. The fourth-order valence-electron chi connectivity index (χ4n) is 1.47. The van der Waals surface area contributed by atoms with Crippen LogP contribution in [0.3, 0.4) is 0 Å². The van der Waals surface area contributed by atoms with Crippen LogP contribution in [0.2, 0.25) is 0 Å². The molecule has 0 saturated carbocycles. The summed E-state index contributed by atoms with van der Waals surface area (Å²) in [6.07, 6.45) is 2.72. The van der Waals surface area contributed by atoms with E-state index < -0.39 is 0 Å². The van der Waals surface area contributed by atoms with E-state index >= 15 is 0 Å². The Labute approximate surface area is 90.2 Å². The number of benzene rings is 1. The van der Waals surface area contributed by atoms with Crippen LogP contribution in [0.5, 0.6) is 0 Å². The molecular weight excluding hydrogens is 191 g/mol. The largest absolute Gasteiger partial charge is 0.374 e. The molecule has 0 aliphatic rings. The van der Waals surface area contributed by atoms with E-state index in [1.54, 1.807) is 6.07 Å². The zero-order valence-corrected chi connectivity index (χ0v) is 9.04. The van der Waals surface area contributed by atoms with Crippen molar-refractivity contribution in [2.75, 3.05) is 18.5 Å². The quantitative estimate of drug-likeness (QED) is 0.752. The second-order valence-corrected chi connectivity index (χ2v) is 3.48. The lowest BCUT2D eigenvalue weighted by molar-refractivity contribution is 0.626. The molecule has 0 aliphatic carbocycles. The lowest BCUT2D eigenvalue weighted by Crippen LogP contribution is -2.20. The summed E-state index contributed by atoms with van der Waals surface area (Å²) in [5.41, 5.74) is 7.42. The van der Waals surface area contributed by atoms with Crippen LogP contribution in [-0.2, 0) is 6.54 Å². The predicted octanol–water partition coefficient (Wildman–Crippen LogP) is 2.30. The molecule has 0 unspecified atom stereocenters. The van der Waals surface area contributed by atoms with Gasteiger partial charge in [0.25, 0.3) is 0 Å². The lowest BCUT2D eigenvalue weighted by atomic mass is 10.1. The molecule has 3 heteroatoms. The van der Waals surface area contributed by atoms with Crippen LogP contribution in [0.4, 0.5) is 10.1 Å². The van der Waals surface area contributed by atoms with Gasteiger partial charge >= 0.3 is 0 Å². The Bertz CT molecular complexity index is 336. The summed E-state index contributed by atoms with van der Waals surface area (Å²) >= 11 is 0. The summed E-state index contributed by atoms with van der Waals surface area (Å²) in [7, 11) is 1.93. The van der Waals surface area contributed by atoms with Crippen LogP contribution in [0, 0.1) is 5.82 Å². The molecule has 15 heavy (non-hydrogen) atoms. The van der Waals surface area contributed by atoms with Gasteiger partial charge in [-0.2, -0.15) is 0 Å². The van der Waals surface area contributed by atoms with E-state index in [-0.39, 0.29) is 5.82 Å². The molecule has 0 bridgehead atoms. The SMILES string of the molecule is C=CCCN(C)c1cc(F)ccc1CN. The molecule has 0 amide bonds. The van der Waals surface area contributed by atoms with E-state index in [4.69, 9.17) is 5.73 Å². The summed E-state index contributed by atoms with van der Waals surface area (Å²) in [5, 5.41) is 0. The highest BCUT2D eigenvalue weighted by Crippen LogP contribution is 2.20. The minimum absolute atomic E-state index is 0.229. The smallest absolute Gasteiger partial charge is 0.125 e. The van der Waals surface area contributed by atoms with E-state index in [0.717, 1.165) is 24.2 Å². The summed E-state index contributed by atoms with van der Waals surface area (Å²) < 4.78 is 13.1. The van der Waals surface area contributed by atoms with Crippen molar-refractivity contribution in [2.24, 2.45) is 5.73 Å². The van der Waals surface area contributed by atoms with Gasteiger partial charge < -0.3 is 10.6 Å². The van der Waals surface area contributed by atoms with E-state index in [9.17, 15) is 4.39 Å². The van der Waals surface area contributed by atoms with E-state index in [2.05, 4.69) is 6.58 Å². The maximum atomic E-state index is 13.1. The van der Waals surface area contributed by atoms with E-state index in [1.807, 2.05) is 18.0 Å². The maximum absolute atomic E-state index is 13.1. The first-order valence-electron chi connectivity index (χ1n) is 4.99. The van der Waals surface area contributed by atoms with Gasteiger partial charge in [-0.25, -0.2) is 4.39 Å². The standard InChI is InChI=1S/C12H17FN2/c1-3-4-7-15(2)12-8-11(13)6-5-10(12)9-14/h3,5-6,8H,1,4,7,9,14H2,2H3. The number of hydrogen-bond donors (Lipinski definition) is 1. The Kier molecular flexibility index (Phi) is 4.31. The fraction of sp³-hybridized carbons (Fsp3) is 0.333. The van der Waals surface area contributed by atoms with Crippen LogP contribution in [0.25, 0.3) is 0 Å². The number of halogens is 1. The highest BCUT2D eigenvalue weighted by atomic mass is 19.1. The van der Waals surface area contributed by atoms with Gasteiger partial charge in [-0.1, -0.05) is 12.1 Å². The molecule has 0 atom stereocenters. The second-order valence-electron chi connectivity index (χ2n) is 3.48. The summed E-state index contributed by atoms with van der Waals surface area (Å²) in [6.45, 7) is 4.91. The van der Waals surface area contributed by atoms with E-state index in [1.165, 1.54) is 12.1 Å². The van der Waals surface area contributed by atoms with Crippen LogP contribution in [-0.4, -0.2) is 13.6 Å². The average molecular weight is 208 g/mol. The van der Waals surface area contributed by atoms with Crippen LogP contribution >= 0.6 is 0 Å². The first-order chi connectivity index (χ1) is 7.19. The van der Waals surface area contributed by atoms with Gasteiger partial charge in [-0.15, -0.1) is 6.58 Å². The monoisotopic (exact) mass is 208 g/mol. The van der Waals surface area contributed by atoms with Crippen molar-refractivity contribution in [1.82, 2.24) is 0 Å². The third-order valence-corrected chi connectivity index (χ3v) is 2.35. The first-order valence-corrected chi connectivity index (χ1v) is 4.99. The summed E-state index contributed by atoms with van der Waals surface area (Å²) in [6, 6.07) is 4.69. The third-order valence-electron chi connectivity index (χ3n) is 2.35. The second kappa shape index (κ2) is 5.51. The molecule has 0 fully saturated rings. The minimum Gasteiger partial charge on any atom is -0.374 e. The Morgan fingerprint density at radius 3 is 2.87 bits per heavy atom. The van der Waals surface area contributed by atoms with Crippen molar-refractivity contribution in [3.8, 4) is 0 Å². The zero-order valence-electron chi connectivity index (χ0n) is 9.04. The number of nitrogens with two attached hydrogens (primary N) is 1. The van der Waals surface area contributed by atoms with Crippen molar-refractivity contribution in [3.63, 3.8) is 0 Å². The van der Waals surface area contributed by atoms with Crippen LogP contribution < -0.4 is 10.6 Å². The molecule has 2 nitrogen and oxygen atoms in total. The lowest BCUT2D eigenvalue weighted by Gasteiger charge is -2.21. The normalized spacial score (nSPS) is 10.1. The summed E-state index contributed by atoms with van der Waals surface area (Å²) in [4.78, 5) is 1.99. The van der Waals surface area contributed by atoms with Gasteiger partial charge in [0.15, 0.2) is 0 Å². The first kappa shape index (κ1) is 11.7. The van der Waals surface area contributed by atoms with Crippen LogP contribution in [0.1, 0.15) is 12.0 Å².